The van der Waals surface area contributed by atoms with Gasteiger partial charge in [0, 0.05) is 34.6 Å². The lowest BCUT2D eigenvalue weighted by Crippen LogP contribution is -2.28. The fraction of sp³-hybridized carbons (Fsp3) is 0. The van der Waals surface area contributed by atoms with Gasteiger partial charge in [-0.3, -0.25) is 0 Å². The first-order valence-electron chi connectivity index (χ1n) is 8.72. The van der Waals surface area contributed by atoms with Crippen LogP contribution in [0, 0.1) is 80.5 Å². The lowest BCUT2D eigenvalue weighted by molar-refractivity contribution is 0.479. The maximum atomic E-state index is 15.9. The van der Waals surface area contributed by atoms with E-state index in [9.17, 15) is 38.6 Å². The van der Waals surface area contributed by atoms with Gasteiger partial charge in [0.15, 0.2) is 11.6 Å². The molecule has 0 radical (unpaired) electrons. The molecule has 0 spiro atoms. The van der Waals surface area contributed by atoms with Crippen LogP contribution in [0.25, 0.3) is 33.4 Å². The third-order valence-electron chi connectivity index (χ3n) is 4.50. The van der Waals surface area contributed by atoms with E-state index in [1.54, 1.807) is 0 Å². The molecule has 0 saturated carbocycles. The number of nitriles is 4. The first kappa shape index (κ1) is 23.5. The highest BCUT2D eigenvalue weighted by Crippen LogP contribution is 2.26. The number of rotatable bonds is 2. The molecule has 34 heavy (non-hydrogen) atoms. The van der Waals surface area contributed by atoms with Gasteiger partial charge in [-0.1, -0.05) is 0 Å². The van der Waals surface area contributed by atoms with Crippen molar-refractivity contribution in [1.82, 2.24) is 9.97 Å². The van der Waals surface area contributed by atoms with Crippen LogP contribution in [0.15, 0.2) is 24.5 Å². The second kappa shape index (κ2) is 9.12. The van der Waals surface area contributed by atoms with E-state index in [1.807, 2.05) is 0 Å². The highest BCUT2D eigenvalue weighted by atomic mass is 19.2. The van der Waals surface area contributed by atoms with E-state index in [0.29, 0.717) is 24.5 Å². The number of nitrogens with zero attached hydrogens (tertiary/aromatic N) is 6. The topological polar surface area (TPSA) is 121 Å². The van der Waals surface area contributed by atoms with Gasteiger partial charge in [-0.05, 0) is 12.1 Å². The van der Waals surface area contributed by atoms with Crippen molar-refractivity contribution in [3.05, 3.63) is 70.1 Å². The largest absolute Gasteiger partial charge is 0.248 e. The minimum absolute atomic E-state index is 0.386. The van der Waals surface area contributed by atoms with E-state index in [0.717, 1.165) is 0 Å². The van der Waals surface area contributed by atoms with Gasteiger partial charge in [0.05, 0.1) is 10.4 Å². The van der Waals surface area contributed by atoms with Crippen LogP contribution in [0.5, 0.6) is 0 Å². The monoisotopic (exact) mass is 466 g/mol. The van der Waals surface area contributed by atoms with E-state index >= 15 is 8.78 Å². The molecule has 2 aromatic heterocycles. The van der Waals surface area contributed by atoms with E-state index in [4.69, 9.17) is 0 Å². The van der Waals surface area contributed by atoms with Gasteiger partial charge in [0.1, 0.15) is 47.1 Å². The Kier molecular flexibility index (Phi) is 6.29. The number of hydrogen-bond donors (Lipinski definition) is 0. The molecule has 2 heterocycles. The summed E-state index contributed by atoms with van der Waals surface area (Å²) in [6.07, 6.45) is 1.13. The summed E-state index contributed by atoms with van der Waals surface area (Å²) >= 11 is 0. The molecule has 0 amide bonds. The van der Waals surface area contributed by atoms with Crippen molar-refractivity contribution in [1.29, 1.82) is 21.0 Å². The Balaban J connectivity index is 2.78. The Bertz CT molecular complexity index is 1510. The normalized spacial score (nSPS) is 9.94. The van der Waals surface area contributed by atoms with Crippen molar-refractivity contribution in [2.45, 2.75) is 0 Å². The smallest absolute Gasteiger partial charge is 0.225 e. The number of benzene rings is 1. The number of aromatic nitrogens is 2. The molecular weight excluding hydrogens is 462 g/mol. The second-order valence-electron chi connectivity index (χ2n) is 6.32. The predicted octanol–water partition coefficient (Wildman–Crippen LogP) is 3.04. The Morgan fingerprint density at radius 2 is 0.912 bits per heavy atom. The quantitative estimate of drug-likeness (QED) is 0.423. The first-order valence-corrected chi connectivity index (χ1v) is 8.72. The predicted molar refractivity (Wildman–Crippen MR) is 101 cm³/mol. The molecule has 0 atom stereocenters. The molecule has 3 rings (SSSR count). The maximum absolute atomic E-state index is 15.9. The molecule has 6 nitrogen and oxygen atoms in total. The number of halogens is 6. The van der Waals surface area contributed by atoms with Crippen LogP contribution >= 0.6 is 0 Å². The van der Waals surface area contributed by atoms with Crippen molar-refractivity contribution in [3.63, 3.8) is 0 Å². The van der Waals surface area contributed by atoms with Crippen LogP contribution in [-0.2, 0) is 0 Å². The molecule has 12 heteroatoms. The van der Waals surface area contributed by atoms with Crippen molar-refractivity contribution in [2.24, 2.45) is 0 Å². The standard InChI is InChI=1S/C22H4F6N6/c23-13-1-9(7-33-21(13)27)15-17(11(3-29)4-30)20(26)16(10-2-14(24)22(28)34-8-10)18(19(15)25)12(5-31)6-32/h1-2,7-8H. The number of hydrogen-bond acceptors (Lipinski definition) is 6. The summed E-state index contributed by atoms with van der Waals surface area (Å²) < 4.78 is 86.0. The summed E-state index contributed by atoms with van der Waals surface area (Å²) in [4.78, 5) is 6.10. The van der Waals surface area contributed by atoms with Crippen molar-refractivity contribution >= 4 is 11.1 Å². The third kappa shape index (κ3) is 3.77. The summed E-state index contributed by atoms with van der Waals surface area (Å²) in [7, 11) is 0. The van der Waals surface area contributed by atoms with Crippen LogP contribution < -0.4 is 10.4 Å². The molecule has 0 aliphatic heterocycles. The van der Waals surface area contributed by atoms with E-state index in [2.05, 4.69) is 9.97 Å². The lowest BCUT2D eigenvalue weighted by atomic mass is 9.92. The summed E-state index contributed by atoms with van der Waals surface area (Å²) in [5.41, 5.74) is -5.40. The van der Waals surface area contributed by atoms with E-state index in [1.165, 1.54) is 24.3 Å². The van der Waals surface area contributed by atoms with Crippen molar-refractivity contribution < 1.29 is 26.3 Å². The van der Waals surface area contributed by atoms with Crippen molar-refractivity contribution in [2.75, 3.05) is 0 Å². The summed E-state index contributed by atoms with van der Waals surface area (Å²) in [6, 6.07) is 6.06. The van der Waals surface area contributed by atoms with Crippen LogP contribution in [0.1, 0.15) is 0 Å². The van der Waals surface area contributed by atoms with Crippen LogP contribution in [0.3, 0.4) is 0 Å². The third-order valence-corrected chi connectivity index (χ3v) is 4.50. The second-order valence-corrected chi connectivity index (χ2v) is 6.32. The van der Waals surface area contributed by atoms with Gasteiger partial charge in [-0.2, -0.15) is 29.8 Å². The van der Waals surface area contributed by atoms with Gasteiger partial charge in [-0.15, -0.1) is 0 Å². The average Bonchev–Trinajstić information content (AvgIpc) is 2.82. The van der Waals surface area contributed by atoms with Gasteiger partial charge in [0.2, 0.25) is 11.9 Å². The Morgan fingerprint density at radius 3 is 1.18 bits per heavy atom. The Hall–Kier alpha value is -5.20. The van der Waals surface area contributed by atoms with Crippen LogP contribution in [0.2, 0.25) is 0 Å². The Morgan fingerprint density at radius 1 is 0.588 bits per heavy atom. The summed E-state index contributed by atoms with van der Waals surface area (Å²) in [5, 5.41) is 35.0. The first-order chi connectivity index (χ1) is 16.2. The molecule has 0 unspecified atom stereocenters. The SMILES string of the molecule is N#CC(C#N)=c1c(F)c(-c2cnc(F)c(F)c2)c(=C(C#N)C#N)c(F)c1-c1cnc(F)c(F)c1. The molecule has 0 aliphatic carbocycles. The maximum Gasteiger partial charge on any atom is 0.248 e. The Labute approximate surface area is 185 Å². The van der Waals surface area contributed by atoms with Crippen LogP contribution in [-0.4, -0.2) is 9.97 Å². The molecule has 3 aromatic rings. The zero-order valence-corrected chi connectivity index (χ0v) is 16.3. The molecule has 1 aromatic carbocycles. The zero-order valence-electron chi connectivity index (χ0n) is 16.3. The molecule has 0 saturated heterocycles. The molecular formula is C22H4F6N6. The highest BCUT2D eigenvalue weighted by molar-refractivity contribution is 5.85. The highest BCUT2D eigenvalue weighted by Gasteiger charge is 2.26. The minimum Gasteiger partial charge on any atom is -0.225 e. The van der Waals surface area contributed by atoms with Gasteiger partial charge in [-0.25, -0.2) is 27.5 Å². The fourth-order valence-corrected chi connectivity index (χ4v) is 3.09. The number of pyridine rings is 2. The van der Waals surface area contributed by atoms with Gasteiger partial charge in [0.25, 0.3) is 0 Å². The molecule has 0 N–H and O–H groups in total. The van der Waals surface area contributed by atoms with Gasteiger partial charge < -0.3 is 0 Å². The van der Waals surface area contributed by atoms with Gasteiger partial charge >= 0.3 is 0 Å². The molecule has 164 valence electrons. The van der Waals surface area contributed by atoms with E-state index in [-0.39, 0.29) is 0 Å². The lowest BCUT2D eigenvalue weighted by Gasteiger charge is -2.13. The van der Waals surface area contributed by atoms with Crippen molar-refractivity contribution in [3.8, 4) is 46.5 Å². The summed E-state index contributed by atoms with van der Waals surface area (Å²) in [5.74, 6) is -9.63. The average molecular weight is 466 g/mol. The van der Waals surface area contributed by atoms with Crippen LogP contribution in [0.4, 0.5) is 26.3 Å². The summed E-state index contributed by atoms with van der Waals surface area (Å²) in [6.45, 7) is 0. The molecule has 0 bridgehead atoms. The fourth-order valence-electron chi connectivity index (χ4n) is 3.09. The minimum atomic E-state index is -1.62. The molecule has 0 aliphatic rings. The van der Waals surface area contributed by atoms with E-state index < -0.39 is 79.0 Å². The zero-order chi connectivity index (χ0) is 25.2. The molecule has 0 fully saturated rings.